The number of carbonyl (C=O) groups is 1. The molecule has 1 N–H and O–H groups in total. The number of carboxylic acid groups (broad SMARTS) is 1. The maximum Gasteiger partial charge on any atom is 0.303 e. The van der Waals surface area contributed by atoms with Crippen LogP contribution in [0.2, 0.25) is 0 Å². The lowest BCUT2D eigenvalue weighted by atomic mass is 10.0. The van der Waals surface area contributed by atoms with Gasteiger partial charge in [0, 0.05) is 40.7 Å². The van der Waals surface area contributed by atoms with Crippen molar-refractivity contribution in [3.63, 3.8) is 0 Å². The number of aliphatic carboxylic acids is 1. The average Bonchev–Trinajstić information content (AvgIpc) is 3.36. The molecule has 2 aromatic carbocycles. The van der Waals surface area contributed by atoms with Gasteiger partial charge in [-0.25, -0.2) is 0 Å². The summed E-state index contributed by atoms with van der Waals surface area (Å²) in [4.78, 5) is 15.3. The van der Waals surface area contributed by atoms with E-state index in [9.17, 15) is 10.1 Å². The predicted octanol–water partition coefficient (Wildman–Crippen LogP) is 5.14. The van der Waals surface area contributed by atoms with E-state index in [2.05, 4.69) is 34.6 Å². The molecule has 4 rings (SSSR count). The van der Waals surface area contributed by atoms with E-state index >= 15 is 0 Å². The second-order valence-electron chi connectivity index (χ2n) is 7.85. The summed E-state index contributed by atoms with van der Waals surface area (Å²) >= 11 is 0. The SMILES string of the molecule is Cc1cc(CCC(=O)O)ccc1-c1noc(-c2ccc3c(c2)c(C#N)cn3C(C)C)n1. The van der Waals surface area contributed by atoms with Gasteiger partial charge in [0.1, 0.15) is 6.07 Å². The van der Waals surface area contributed by atoms with E-state index in [4.69, 9.17) is 9.63 Å². The molecule has 0 aliphatic heterocycles. The van der Waals surface area contributed by atoms with Gasteiger partial charge in [0.25, 0.3) is 5.89 Å². The van der Waals surface area contributed by atoms with E-state index in [0.29, 0.717) is 23.7 Å². The molecule has 7 heteroatoms. The number of fused-ring (bicyclic) bond motifs is 1. The highest BCUT2D eigenvalue weighted by Crippen LogP contribution is 2.30. The molecule has 156 valence electrons. The van der Waals surface area contributed by atoms with Crippen LogP contribution in [0.15, 0.2) is 47.1 Å². The van der Waals surface area contributed by atoms with Gasteiger partial charge in [0.2, 0.25) is 5.82 Å². The molecule has 0 amide bonds. The number of hydrogen-bond donors (Lipinski definition) is 1. The number of aromatic nitrogens is 3. The summed E-state index contributed by atoms with van der Waals surface area (Å²) in [5.41, 5.74) is 5.09. The van der Waals surface area contributed by atoms with Crippen LogP contribution >= 0.6 is 0 Å². The van der Waals surface area contributed by atoms with Crippen molar-refractivity contribution in [2.24, 2.45) is 0 Å². The topological polar surface area (TPSA) is 105 Å². The highest BCUT2D eigenvalue weighted by atomic mass is 16.5. The standard InChI is InChI=1S/C24H22N4O3/c1-14(2)28-13-18(12-25)20-11-17(6-8-21(20)28)24-26-23(27-31-24)19-7-4-16(10-15(19)3)5-9-22(29)30/h4,6-8,10-11,13-14H,5,9H2,1-3H3,(H,29,30). The minimum atomic E-state index is -0.815. The lowest BCUT2D eigenvalue weighted by Crippen LogP contribution is -1.98. The molecule has 0 fully saturated rings. The fourth-order valence-corrected chi connectivity index (χ4v) is 3.74. The van der Waals surface area contributed by atoms with Crippen molar-refractivity contribution in [1.82, 2.24) is 14.7 Å². The van der Waals surface area contributed by atoms with Gasteiger partial charge < -0.3 is 14.2 Å². The third kappa shape index (κ3) is 3.92. The average molecular weight is 414 g/mol. The van der Waals surface area contributed by atoms with E-state index in [0.717, 1.165) is 33.2 Å². The molecular weight excluding hydrogens is 392 g/mol. The summed E-state index contributed by atoms with van der Waals surface area (Å²) in [6.07, 6.45) is 2.44. The molecule has 4 aromatic rings. The third-order valence-electron chi connectivity index (χ3n) is 5.34. The summed E-state index contributed by atoms with van der Waals surface area (Å²) in [6, 6.07) is 14.0. The Hall–Kier alpha value is -3.92. The van der Waals surface area contributed by atoms with E-state index in [1.54, 1.807) is 0 Å². The summed E-state index contributed by atoms with van der Waals surface area (Å²) in [6.45, 7) is 6.09. The van der Waals surface area contributed by atoms with Crippen LogP contribution in [0.5, 0.6) is 0 Å². The second-order valence-corrected chi connectivity index (χ2v) is 7.85. The van der Waals surface area contributed by atoms with E-state index in [-0.39, 0.29) is 12.5 Å². The molecule has 0 spiro atoms. The first-order chi connectivity index (χ1) is 14.9. The molecule has 0 atom stereocenters. The zero-order valence-electron chi connectivity index (χ0n) is 17.6. The molecule has 0 unspecified atom stereocenters. The number of nitriles is 1. The Morgan fingerprint density at radius 1 is 1.26 bits per heavy atom. The molecular formula is C24H22N4O3. The van der Waals surface area contributed by atoms with E-state index < -0.39 is 5.97 Å². The Kier molecular flexibility index (Phi) is 5.30. The molecule has 0 radical (unpaired) electrons. The van der Waals surface area contributed by atoms with Crippen LogP contribution in [0.25, 0.3) is 33.7 Å². The Morgan fingerprint density at radius 2 is 2.06 bits per heavy atom. The van der Waals surface area contributed by atoms with E-state index in [1.807, 2.05) is 49.5 Å². The number of carboxylic acids is 1. The zero-order valence-corrected chi connectivity index (χ0v) is 17.6. The lowest BCUT2D eigenvalue weighted by molar-refractivity contribution is -0.136. The highest BCUT2D eigenvalue weighted by molar-refractivity contribution is 5.90. The van der Waals surface area contributed by atoms with E-state index in [1.165, 1.54) is 0 Å². The first-order valence-electron chi connectivity index (χ1n) is 10.1. The Balaban J connectivity index is 1.67. The minimum absolute atomic E-state index is 0.0941. The fourth-order valence-electron chi connectivity index (χ4n) is 3.74. The van der Waals surface area contributed by atoms with Gasteiger partial charge in [-0.05, 0) is 56.5 Å². The number of rotatable bonds is 6. The summed E-state index contributed by atoms with van der Waals surface area (Å²) in [7, 11) is 0. The van der Waals surface area contributed by atoms with Gasteiger partial charge in [0.15, 0.2) is 0 Å². The van der Waals surface area contributed by atoms with Crippen molar-refractivity contribution in [3.05, 3.63) is 59.3 Å². The first-order valence-corrected chi connectivity index (χ1v) is 10.1. The highest BCUT2D eigenvalue weighted by Gasteiger charge is 2.16. The molecule has 2 heterocycles. The summed E-state index contributed by atoms with van der Waals surface area (Å²) in [5.74, 6) is 0.0369. The van der Waals surface area contributed by atoms with Crippen LogP contribution in [-0.4, -0.2) is 25.8 Å². The molecule has 0 saturated heterocycles. The van der Waals surface area contributed by atoms with Crippen LogP contribution in [-0.2, 0) is 11.2 Å². The maximum atomic E-state index is 10.8. The molecule has 0 saturated carbocycles. The molecule has 0 aliphatic carbocycles. The van der Waals surface area contributed by atoms with Crippen molar-refractivity contribution in [2.45, 2.75) is 39.7 Å². The molecule has 0 bridgehead atoms. The quantitative estimate of drug-likeness (QED) is 0.468. The predicted molar refractivity (Wildman–Crippen MR) is 116 cm³/mol. The van der Waals surface area contributed by atoms with Crippen LogP contribution in [0, 0.1) is 18.3 Å². The zero-order chi connectivity index (χ0) is 22.1. The normalized spacial score (nSPS) is 11.2. The van der Waals surface area contributed by atoms with Crippen LogP contribution < -0.4 is 0 Å². The van der Waals surface area contributed by atoms with Gasteiger partial charge in [-0.1, -0.05) is 23.4 Å². The fraction of sp³-hybridized carbons (Fsp3) is 0.250. The first kappa shape index (κ1) is 20.4. The molecule has 31 heavy (non-hydrogen) atoms. The third-order valence-corrected chi connectivity index (χ3v) is 5.34. The number of nitrogens with zero attached hydrogens (tertiary/aromatic N) is 4. The number of benzene rings is 2. The Bertz CT molecular complexity index is 1320. The van der Waals surface area contributed by atoms with Gasteiger partial charge in [-0.2, -0.15) is 10.2 Å². The van der Waals surface area contributed by atoms with Gasteiger partial charge in [-0.15, -0.1) is 0 Å². The number of aryl methyl sites for hydroxylation is 2. The monoisotopic (exact) mass is 414 g/mol. The van der Waals surface area contributed by atoms with Crippen LogP contribution in [0.3, 0.4) is 0 Å². The van der Waals surface area contributed by atoms with Crippen molar-refractivity contribution < 1.29 is 14.4 Å². The largest absolute Gasteiger partial charge is 0.481 e. The van der Waals surface area contributed by atoms with Crippen molar-refractivity contribution in [2.75, 3.05) is 0 Å². The van der Waals surface area contributed by atoms with Crippen molar-refractivity contribution in [1.29, 1.82) is 5.26 Å². The lowest BCUT2D eigenvalue weighted by Gasteiger charge is -2.08. The Morgan fingerprint density at radius 3 is 2.74 bits per heavy atom. The second kappa shape index (κ2) is 8.07. The maximum absolute atomic E-state index is 10.8. The minimum Gasteiger partial charge on any atom is -0.481 e. The van der Waals surface area contributed by atoms with Gasteiger partial charge >= 0.3 is 5.97 Å². The van der Waals surface area contributed by atoms with Gasteiger partial charge in [-0.3, -0.25) is 4.79 Å². The van der Waals surface area contributed by atoms with Crippen molar-refractivity contribution in [3.8, 4) is 28.9 Å². The van der Waals surface area contributed by atoms with Crippen molar-refractivity contribution >= 4 is 16.9 Å². The van der Waals surface area contributed by atoms with Crippen LogP contribution in [0.4, 0.5) is 0 Å². The molecule has 0 aliphatic rings. The molecule has 2 aromatic heterocycles. The number of hydrogen-bond acceptors (Lipinski definition) is 5. The molecule has 7 nitrogen and oxygen atoms in total. The Labute approximate surface area is 179 Å². The summed E-state index contributed by atoms with van der Waals surface area (Å²) < 4.78 is 7.59. The van der Waals surface area contributed by atoms with Gasteiger partial charge in [0.05, 0.1) is 5.56 Å². The van der Waals surface area contributed by atoms with Crippen LogP contribution in [0.1, 0.15) is 43.0 Å². The smallest absolute Gasteiger partial charge is 0.303 e. The summed E-state index contributed by atoms with van der Waals surface area (Å²) in [5, 5.41) is 23.4.